The average Bonchev–Trinajstić information content (AvgIpc) is 2.38. The third-order valence-corrected chi connectivity index (χ3v) is 2.56. The predicted octanol–water partition coefficient (Wildman–Crippen LogP) is 2.09. The summed E-state index contributed by atoms with van der Waals surface area (Å²) in [7, 11) is 0. The van der Waals surface area contributed by atoms with E-state index in [2.05, 4.69) is 17.5 Å². The molecule has 0 spiro atoms. The van der Waals surface area contributed by atoms with E-state index in [9.17, 15) is 4.79 Å². The normalized spacial score (nSPS) is 15.1. The predicted molar refractivity (Wildman–Crippen MR) is 66.1 cm³/mol. The van der Waals surface area contributed by atoms with Crippen molar-refractivity contribution in [1.82, 2.24) is 5.43 Å². The Morgan fingerprint density at radius 1 is 1.35 bits per heavy atom. The number of nitrogens with one attached hydrogen (secondary N) is 1. The van der Waals surface area contributed by atoms with E-state index < -0.39 is 0 Å². The van der Waals surface area contributed by atoms with E-state index in [4.69, 9.17) is 4.74 Å². The van der Waals surface area contributed by atoms with Crippen molar-refractivity contribution < 1.29 is 9.53 Å². The highest BCUT2D eigenvalue weighted by atomic mass is 16.5. The van der Waals surface area contributed by atoms with Crippen LogP contribution in [0.25, 0.3) is 0 Å². The first-order valence-electron chi connectivity index (χ1n) is 5.89. The SMILES string of the molecule is CCCOc1ccccc1C1=NNC(=O)CC1. The number of rotatable bonds is 4. The lowest BCUT2D eigenvalue weighted by Gasteiger charge is -2.15. The van der Waals surface area contributed by atoms with Gasteiger partial charge in [-0.25, -0.2) is 5.43 Å². The number of hydrogen-bond donors (Lipinski definition) is 1. The topological polar surface area (TPSA) is 50.7 Å². The fraction of sp³-hybridized carbons (Fsp3) is 0.385. The molecule has 1 heterocycles. The lowest BCUT2D eigenvalue weighted by molar-refractivity contribution is -0.121. The van der Waals surface area contributed by atoms with E-state index >= 15 is 0 Å². The molecule has 0 radical (unpaired) electrons. The number of nitrogens with zero attached hydrogens (tertiary/aromatic N) is 1. The maximum atomic E-state index is 11.0. The largest absolute Gasteiger partial charge is 0.493 e. The molecule has 2 rings (SSSR count). The van der Waals surface area contributed by atoms with Crippen molar-refractivity contribution in [3.8, 4) is 5.75 Å². The minimum atomic E-state index is -0.0271. The molecule has 1 amide bonds. The van der Waals surface area contributed by atoms with Crippen LogP contribution in [0.2, 0.25) is 0 Å². The third-order valence-electron chi connectivity index (χ3n) is 2.56. The molecule has 4 nitrogen and oxygen atoms in total. The van der Waals surface area contributed by atoms with E-state index in [0.29, 0.717) is 19.4 Å². The smallest absolute Gasteiger partial charge is 0.240 e. The quantitative estimate of drug-likeness (QED) is 0.864. The molecule has 1 N–H and O–H groups in total. The highest BCUT2D eigenvalue weighted by Crippen LogP contribution is 2.22. The van der Waals surface area contributed by atoms with Gasteiger partial charge < -0.3 is 4.74 Å². The molecule has 1 aromatic rings. The third kappa shape index (κ3) is 2.84. The second-order valence-corrected chi connectivity index (χ2v) is 3.94. The van der Waals surface area contributed by atoms with E-state index in [0.717, 1.165) is 23.4 Å². The van der Waals surface area contributed by atoms with Gasteiger partial charge in [0, 0.05) is 18.4 Å². The van der Waals surface area contributed by atoms with Crippen molar-refractivity contribution in [2.24, 2.45) is 5.10 Å². The fourth-order valence-corrected chi connectivity index (χ4v) is 1.71. The van der Waals surface area contributed by atoms with Crippen LogP contribution in [-0.4, -0.2) is 18.2 Å². The van der Waals surface area contributed by atoms with Gasteiger partial charge in [-0.3, -0.25) is 4.79 Å². The number of para-hydroxylation sites is 1. The number of hydrogen-bond acceptors (Lipinski definition) is 3. The molecule has 0 saturated heterocycles. The van der Waals surface area contributed by atoms with Crippen LogP contribution in [0.4, 0.5) is 0 Å². The van der Waals surface area contributed by atoms with Crippen LogP contribution in [-0.2, 0) is 4.79 Å². The Bertz CT molecular complexity index is 441. The first kappa shape index (κ1) is 11.6. The van der Waals surface area contributed by atoms with Gasteiger partial charge in [-0.05, 0) is 18.6 Å². The molecule has 0 saturated carbocycles. The molecule has 17 heavy (non-hydrogen) atoms. The van der Waals surface area contributed by atoms with Crippen LogP contribution >= 0.6 is 0 Å². The number of carbonyl (C=O) groups excluding carboxylic acids is 1. The van der Waals surface area contributed by atoms with Crippen molar-refractivity contribution in [2.45, 2.75) is 26.2 Å². The van der Waals surface area contributed by atoms with Gasteiger partial charge >= 0.3 is 0 Å². The first-order valence-corrected chi connectivity index (χ1v) is 5.89. The summed E-state index contributed by atoms with van der Waals surface area (Å²) < 4.78 is 5.67. The number of ether oxygens (including phenoxy) is 1. The molecule has 90 valence electrons. The van der Waals surface area contributed by atoms with Crippen LogP contribution in [0, 0.1) is 0 Å². The van der Waals surface area contributed by atoms with Crippen LogP contribution < -0.4 is 10.2 Å². The summed E-state index contributed by atoms with van der Waals surface area (Å²) in [5.41, 5.74) is 4.37. The van der Waals surface area contributed by atoms with Crippen LogP contribution in [0.5, 0.6) is 5.75 Å². The fourth-order valence-electron chi connectivity index (χ4n) is 1.71. The Morgan fingerprint density at radius 2 is 2.18 bits per heavy atom. The van der Waals surface area contributed by atoms with Gasteiger partial charge in [0.05, 0.1) is 12.3 Å². The second-order valence-electron chi connectivity index (χ2n) is 3.94. The van der Waals surface area contributed by atoms with Gasteiger partial charge in [0.1, 0.15) is 5.75 Å². The Balaban J connectivity index is 2.22. The second kappa shape index (κ2) is 5.48. The molecular weight excluding hydrogens is 216 g/mol. The minimum Gasteiger partial charge on any atom is -0.493 e. The molecule has 0 fully saturated rings. The summed E-state index contributed by atoms with van der Waals surface area (Å²) >= 11 is 0. The van der Waals surface area contributed by atoms with Gasteiger partial charge in [0.25, 0.3) is 0 Å². The Kier molecular flexibility index (Phi) is 3.75. The number of amides is 1. The molecule has 0 aliphatic carbocycles. The minimum absolute atomic E-state index is 0.0271. The number of benzene rings is 1. The van der Waals surface area contributed by atoms with Gasteiger partial charge in [-0.2, -0.15) is 5.10 Å². The zero-order valence-electron chi connectivity index (χ0n) is 9.90. The van der Waals surface area contributed by atoms with E-state index in [-0.39, 0.29) is 5.91 Å². The molecule has 0 unspecified atom stereocenters. The molecule has 1 aromatic carbocycles. The zero-order chi connectivity index (χ0) is 12.1. The molecule has 0 bridgehead atoms. The number of carbonyl (C=O) groups is 1. The molecule has 0 atom stereocenters. The van der Waals surface area contributed by atoms with Gasteiger partial charge in [-0.1, -0.05) is 19.1 Å². The first-order chi connectivity index (χ1) is 8.31. The maximum Gasteiger partial charge on any atom is 0.240 e. The molecular formula is C13H16N2O2. The molecule has 4 heteroatoms. The van der Waals surface area contributed by atoms with Crippen molar-refractivity contribution in [1.29, 1.82) is 0 Å². The van der Waals surface area contributed by atoms with Crippen LogP contribution in [0.1, 0.15) is 31.7 Å². The van der Waals surface area contributed by atoms with Crippen molar-refractivity contribution in [3.63, 3.8) is 0 Å². The zero-order valence-corrected chi connectivity index (χ0v) is 9.90. The van der Waals surface area contributed by atoms with Crippen molar-refractivity contribution >= 4 is 11.6 Å². The Hall–Kier alpha value is -1.84. The summed E-state index contributed by atoms with van der Waals surface area (Å²) in [6.45, 7) is 2.76. The number of hydrazone groups is 1. The Labute approximate surface area is 101 Å². The summed E-state index contributed by atoms with van der Waals surface area (Å²) in [5.74, 6) is 0.810. The molecule has 0 aromatic heterocycles. The van der Waals surface area contributed by atoms with Gasteiger partial charge in [0.2, 0.25) is 5.91 Å². The Morgan fingerprint density at radius 3 is 2.88 bits per heavy atom. The van der Waals surface area contributed by atoms with Crippen LogP contribution in [0.15, 0.2) is 29.4 Å². The van der Waals surface area contributed by atoms with E-state index in [1.54, 1.807) is 0 Å². The van der Waals surface area contributed by atoms with Gasteiger partial charge in [-0.15, -0.1) is 0 Å². The lowest BCUT2D eigenvalue weighted by atomic mass is 10.0. The monoisotopic (exact) mass is 232 g/mol. The highest BCUT2D eigenvalue weighted by Gasteiger charge is 2.16. The van der Waals surface area contributed by atoms with Crippen LogP contribution in [0.3, 0.4) is 0 Å². The van der Waals surface area contributed by atoms with Crippen molar-refractivity contribution in [2.75, 3.05) is 6.61 Å². The van der Waals surface area contributed by atoms with Crippen molar-refractivity contribution in [3.05, 3.63) is 29.8 Å². The lowest BCUT2D eigenvalue weighted by Crippen LogP contribution is -2.26. The van der Waals surface area contributed by atoms with E-state index in [1.165, 1.54) is 0 Å². The standard InChI is InChI=1S/C13H16N2O2/c1-2-9-17-12-6-4-3-5-10(12)11-7-8-13(16)15-14-11/h3-6H,2,7-9H2,1H3,(H,15,16). The molecule has 1 aliphatic rings. The summed E-state index contributed by atoms with van der Waals surface area (Å²) in [4.78, 5) is 11.0. The molecule has 1 aliphatic heterocycles. The highest BCUT2D eigenvalue weighted by molar-refractivity contribution is 6.05. The summed E-state index contributed by atoms with van der Waals surface area (Å²) in [5, 5.41) is 4.09. The maximum absolute atomic E-state index is 11.0. The van der Waals surface area contributed by atoms with E-state index in [1.807, 2.05) is 24.3 Å². The summed E-state index contributed by atoms with van der Waals surface area (Å²) in [6.07, 6.45) is 2.12. The summed E-state index contributed by atoms with van der Waals surface area (Å²) in [6, 6.07) is 7.80. The average molecular weight is 232 g/mol. The van der Waals surface area contributed by atoms with Gasteiger partial charge in [0.15, 0.2) is 0 Å².